The van der Waals surface area contributed by atoms with Crippen molar-refractivity contribution in [2.75, 3.05) is 66.0 Å². The molecule has 9 heteroatoms. The zero-order valence-electron chi connectivity index (χ0n) is 17.6. The van der Waals surface area contributed by atoms with E-state index in [2.05, 4.69) is 20.5 Å². The lowest BCUT2D eigenvalue weighted by Crippen LogP contribution is -2.41. The van der Waals surface area contributed by atoms with Gasteiger partial charge in [0.15, 0.2) is 11.5 Å². The summed E-state index contributed by atoms with van der Waals surface area (Å²) in [7, 11) is 4.67. The summed E-state index contributed by atoms with van der Waals surface area (Å²) in [5, 5.41) is 6.10. The molecule has 0 unspecified atom stereocenters. The Bertz CT molecular complexity index is 830. The summed E-state index contributed by atoms with van der Waals surface area (Å²) in [6.07, 6.45) is 0. The van der Waals surface area contributed by atoms with E-state index in [9.17, 15) is 4.79 Å². The van der Waals surface area contributed by atoms with E-state index < -0.39 is 0 Å². The van der Waals surface area contributed by atoms with Crippen LogP contribution in [-0.2, 0) is 4.74 Å². The minimum atomic E-state index is -0.211. The molecule has 1 aliphatic heterocycles. The molecule has 9 nitrogen and oxygen atoms in total. The molecule has 0 bridgehead atoms. The highest BCUT2D eigenvalue weighted by atomic mass is 16.5. The highest BCUT2D eigenvalue weighted by molar-refractivity contribution is 5.92. The molecule has 1 aliphatic rings. The highest BCUT2D eigenvalue weighted by Crippen LogP contribution is 2.40. The predicted octanol–water partition coefficient (Wildman–Crippen LogP) is 1.91. The molecule has 30 heavy (non-hydrogen) atoms. The van der Waals surface area contributed by atoms with Crippen LogP contribution in [0.2, 0.25) is 0 Å². The highest BCUT2D eigenvalue weighted by Gasteiger charge is 2.15. The molecule has 162 valence electrons. The van der Waals surface area contributed by atoms with Crippen molar-refractivity contribution < 1.29 is 23.7 Å². The van der Waals surface area contributed by atoms with Crippen LogP contribution in [0.5, 0.6) is 17.2 Å². The smallest absolute Gasteiger partial charge is 0.270 e. The fourth-order valence-corrected chi connectivity index (χ4v) is 3.17. The van der Waals surface area contributed by atoms with Gasteiger partial charge in [0.25, 0.3) is 5.91 Å². The topological polar surface area (TPSA) is 94.2 Å². The molecule has 1 fully saturated rings. The quantitative estimate of drug-likeness (QED) is 0.640. The van der Waals surface area contributed by atoms with E-state index in [1.165, 1.54) is 0 Å². The zero-order valence-corrected chi connectivity index (χ0v) is 17.6. The predicted molar refractivity (Wildman–Crippen MR) is 113 cm³/mol. The number of hydrogen-bond donors (Lipinski definition) is 2. The van der Waals surface area contributed by atoms with Crippen LogP contribution in [0.3, 0.4) is 0 Å². The van der Waals surface area contributed by atoms with E-state index in [-0.39, 0.29) is 5.91 Å². The second-order valence-corrected chi connectivity index (χ2v) is 6.66. The molecule has 0 saturated carbocycles. The van der Waals surface area contributed by atoms with Gasteiger partial charge in [-0.1, -0.05) is 6.07 Å². The number of amides is 1. The van der Waals surface area contributed by atoms with Gasteiger partial charge in [0, 0.05) is 44.0 Å². The van der Waals surface area contributed by atoms with Gasteiger partial charge >= 0.3 is 0 Å². The van der Waals surface area contributed by atoms with Crippen molar-refractivity contribution in [3.05, 3.63) is 36.0 Å². The number of rotatable bonds is 9. The largest absolute Gasteiger partial charge is 0.493 e. The first-order chi connectivity index (χ1) is 14.6. The van der Waals surface area contributed by atoms with Crippen LogP contribution in [-0.4, -0.2) is 76.5 Å². The van der Waals surface area contributed by atoms with Crippen molar-refractivity contribution in [2.45, 2.75) is 0 Å². The van der Waals surface area contributed by atoms with E-state index in [4.69, 9.17) is 18.9 Å². The van der Waals surface area contributed by atoms with Gasteiger partial charge in [-0.3, -0.25) is 9.69 Å². The van der Waals surface area contributed by atoms with Gasteiger partial charge in [0.1, 0.15) is 11.5 Å². The van der Waals surface area contributed by atoms with Gasteiger partial charge in [-0.2, -0.15) is 0 Å². The van der Waals surface area contributed by atoms with Gasteiger partial charge in [0.2, 0.25) is 5.75 Å². The summed E-state index contributed by atoms with van der Waals surface area (Å²) in [4.78, 5) is 19.2. The Balaban J connectivity index is 1.64. The van der Waals surface area contributed by atoms with Crippen LogP contribution in [0.25, 0.3) is 0 Å². The number of ether oxygens (including phenoxy) is 4. The van der Waals surface area contributed by atoms with Crippen LogP contribution in [0, 0.1) is 0 Å². The second kappa shape index (κ2) is 10.7. The number of methoxy groups -OCH3 is 3. The number of morpholine rings is 1. The molecule has 1 amide bonds. The van der Waals surface area contributed by atoms with Gasteiger partial charge in [-0.25, -0.2) is 4.98 Å². The van der Waals surface area contributed by atoms with E-state index in [0.29, 0.717) is 41.0 Å². The summed E-state index contributed by atoms with van der Waals surface area (Å²) >= 11 is 0. The number of benzene rings is 1. The van der Waals surface area contributed by atoms with Gasteiger partial charge in [-0.15, -0.1) is 0 Å². The fourth-order valence-electron chi connectivity index (χ4n) is 3.17. The Labute approximate surface area is 176 Å². The number of nitrogens with zero attached hydrogens (tertiary/aromatic N) is 2. The van der Waals surface area contributed by atoms with Crippen molar-refractivity contribution in [1.29, 1.82) is 0 Å². The Hall–Kier alpha value is -3.04. The van der Waals surface area contributed by atoms with E-state index in [1.807, 2.05) is 0 Å². The molecule has 0 spiro atoms. The molecule has 1 aromatic carbocycles. The van der Waals surface area contributed by atoms with Crippen LogP contribution in [0.4, 0.5) is 11.5 Å². The van der Waals surface area contributed by atoms with Gasteiger partial charge < -0.3 is 29.6 Å². The molecule has 0 aliphatic carbocycles. The van der Waals surface area contributed by atoms with E-state index in [0.717, 1.165) is 32.8 Å². The Morgan fingerprint density at radius 2 is 1.80 bits per heavy atom. The number of anilines is 2. The maximum Gasteiger partial charge on any atom is 0.270 e. The molecular formula is C21H28N4O5. The monoisotopic (exact) mass is 416 g/mol. The van der Waals surface area contributed by atoms with Crippen LogP contribution in [0.1, 0.15) is 10.5 Å². The van der Waals surface area contributed by atoms with Gasteiger partial charge in [-0.05, 0) is 12.1 Å². The van der Waals surface area contributed by atoms with Crippen molar-refractivity contribution in [3.8, 4) is 17.2 Å². The fraction of sp³-hybridized carbons (Fsp3) is 0.429. The maximum atomic E-state index is 12.5. The molecule has 3 rings (SSSR count). The van der Waals surface area contributed by atoms with E-state index >= 15 is 0 Å². The minimum absolute atomic E-state index is 0.211. The third-order valence-electron chi connectivity index (χ3n) is 4.74. The lowest BCUT2D eigenvalue weighted by atomic mass is 10.2. The Kier molecular flexibility index (Phi) is 7.69. The lowest BCUT2D eigenvalue weighted by molar-refractivity contribution is 0.0383. The van der Waals surface area contributed by atoms with Crippen molar-refractivity contribution in [1.82, 2.24) is 15.2 Å². The molecule has 2 N–H and O–H groups in total. The van der Waals surface area contributed by atoms with Crippen molar-refractivity contribution >= 4 is 17.4 Å². The number of carbonyl (C=O) groups is 1. The lowest BCUT2D eigenvalue weighted by Gasteiger charge is -2.26. The number of pyridine rings is 1. The van der Waals surface area contributed by atoms with Crippen LogP contribution < -0.4 is 24.8 Å². The first-order valence-electron chi connectivity index (χ1n) is 9.77. The molecule has 0 atom stereocenters. The zero-order chi connectivity index (χ0) is 21.3. The summed E-state index contributed by atoms with van der Waals surface area (Å²) in [6, 6.07) is 8.80. The van der Waals surface area contributed by atoms with E-state index in [1.54, 1.807) is 51.7 Å². The van der Waals surface area contributed by atoms with Gasteiger partial charge in [0.05, 0.1) is 34.5 Å². The number of nitrogens with one attached hydrogen (secondary N) is 2. The first kappa shape index (κ1) is 21.7. The van der Waals surface area contributed by atoms with Crippen LogP contribution >= 0.6 is 0 Å². The summed E-state index contributed by atoms with van der Waals surface area (Å²) in [5.74, 6) is 1.88. The minimum Gasteiger partial charge on any atom is -0.493 e. The average Bonchev–Trinajstić information content (AvgIpc) is 2.79. The second-order valence-electron chi connectivity index (χ2n) is 6.66. The first-order valence-corrected chi connectivity index (χ1v) is 9.77. The summed E-state index contributed by atoms with van der Waals surface area (Å²) < 4.78 is 21.4. The molecule has 1 aromatic heterocycles. The Morgan fingerprint density at radius 1 is 1.10 bits per heavy atom. The molecule has 2 heterocycles. The number of hydrogen-bond acceptors (Lipinski definition) is 8. The normalized spacial score (nSPS) is 14.1. The average molecular weight is 416 g/mol. The van der Waals surface area contributed by atoms with Crippen molar-refractivity contribution in [3.63, 3.8) is 0 Å². The number of aromatic nitrogens is 1. The van der Waals surface area contributed by atoms with Crippen LogP contribution in [0.15, 0.2) is 30.3 Å². The third kappa shape index (κ3) is 5.52. The summed E-state index contributed by atoms with van der Waals surface area (Å²) in [5.41, 5.74) is 1.04. The maximum absolute atomic E-state index is 12.5. The molecule has 2 aromatic rings. The SMILES string of the molecule is COc1cc(Nc2cccc(C(=O)NCCN3CCOCC3)n2)cc(OC)c1OC. The number of carbonyl (C=O) groups excluding carboxylic acids is 1. The van der Waals surface area contributed by atoms with Crippen molar-refractivity contribution in [2.24, 2.45) is 0 Å². The molecule has 0 radical (unpaired) electrons. The molecular weight excluding hydrogens is 388 g/mol. The molecule has 1 saturated heterocycles. The third-order valence-corrected chi connectivity index (χ3v) is 4.74. The Morgan fingerprint density at radius 3 is 2.43 bits per heavy atom. The summed E-state index contributed by atoms with van der Waals surface area (Å²) in [6.45, 7) is 4.61. The standard InChI is InChI=1S/C21H28N4O5/c1-27-17-13-15(14-18(28-2)20(17)29-3)23-19-6-4-5-16(24-19)21(26)22-7-8-25-9-11-30-12-10-25/h4-6,13-14H,7-12H2,1-3H3,(H,22,26)(H,23,24).